The average Bonchev–Trinajstić information content (AvgIpc) is 2.55. The second kappa shape index (κ2) is 7.65. The van der Waals surface area contributed by atoms with Gasteiger partial charge in [-0.2, -0.15) is 0 Å². The molecular formula is C19H30N2O2. The first kappa shape index (κ1) is 16.7. The molecule has 3 rings (SSSR count). The molecule has 23 heavy (non-hydrogen) atoms. The van der Waals surface area contributed by atoms with Crippen LogP contribution in [0, 0.1) is 0 Å². The number of rotatable bonds is 4. The van der Waals surface area contributed by atoms with Crippen molar-refractivity contribution >= 4 is 0 Å². The molecule has 2 aliphatic rings. The molecule has 0 saturated carbocycles. The van der Waals surface area contributed by atoms with E-state index in [-0.39, 0.29) is 0 Å². The number of hydrogen-bond acceptors (Lipinski definition) is 4. The summed E-state index contributed by atoms with van der Waals surface area (Å²) in [5.41, 5.74) is 1.29. The lowest BCUT2D eigenvalue weighted by molar-refractivity contribution is -0.0865. The zero-order valence-corrected chi connectivity index (χ0v) is 14.7. The summed E-state index contributed by atoms with van der Waals surface area (Å²) in [5, 5.41) is 0. The van der Waals surface area contributed by atoms with Crippen LogP contribution in [-0.4, -0.2) is 61.3 Å². The third-order valence-electron chi connectivity index (χ3n) is 5.11. The zero-order chi connectivity index (χ0) is 16.2. The highest BCUT2D eigenvalue weighted by atomic mass is 16.5. The van der Waals surface area contributed by atoms with Crippen LogP contribution in [-0.2, 0) is 11.3 Å². The SMILES string of the molecule is COc1ccccc1CN1CCC(N2CC(C)OC(C)C2)CC1. The van der Waals surface area contributed by atoms with Crippen LogP contribution in [0.15, 0.2) is 24.3 Å². The lowest BCUT2D eigenvalue weighted by Gasteiger charge is -2.43. The lowest BCUT2D eigenvalue weighted by Crippen LogP contribution is -2.53. The summed E-state index contributed by atoms with van der Waals surface area (Å²) >= 11 is 0. The molecule has 4 heteroatoms. The van der Waals surface area contributed by atoms with Crippen molar-refractivity contribution in [2.24, 2.45) is 0 Å². The van der Waals surface area contributed by atoms with Gasteiger partial charge in [0.2, 0.25) is 0 Å². The molecule has 0 amide bonds. The lowest BCUT2D eigenvalue weighted by atomic mass is 10.0. The molecule has 0 radical (unpaired) electrons. The number of ether oxygens (including phenoxy) is 2. The largest absolute Gasteiger partial charge is 0.496 e. The van der Waals surface area contributed by atoms with Crippen LogP contribution in [0.5, 0.6) is 5.75 Å². The van der Waals surface area contributed by atoms with Crippen molar-refractivity contribution in [3.8, 4) is 5.75 Å². The Bertz CT molecular complexity index is 490. The van der Waals surface area contributed by atoms with E-state index in [9.17, 15) is 0 Å². The van der Waals surface area contributed by atoms with Gasteiger partial charge in [-0.15, -0.1) is 0 Å². The van der Waals surface area contributed by atoms with Crippen molar-refractivity contribution in [1.82, 2.24) is 9.80 Å². The van der Waals surface area contributed by atoms with E-state index in [0.29, 0.717) is 12.2 Å². The third-order valence-corrected chi connectivity index (χ3v) is 5.11. The number of likely N-dealkylation sites (tertiary alicyclic amines) is 1. The van der Waals surface area contributed by atoms with E-state index in [0.717, 1.165) is 31.4 Å². The molecule has 2 aliphatic heterocycles. The summed E-state index contributed by atoms with van der Waals surface area (Å²) < 4.78 is 11.3. The topological polar surface area (TPSA) is 24.9 Å². The smallest absolute Gasteiger partial charge is 0.123 e. The van der Waals surface area contributed by atoms with Crippen LogP contribution in [0.1, 0.15) is 32.3 Å². The highest BCUT2D eigenvalue weighted by Crippen LogP contribution is 2.24. The second-order valence-electron chi connectivity index (χ2n) is 7.03. The predicted octanol–water partition coefficient (Wildman–Crippen LogP) is 2.77. The second-order valence-corrected chi connectivity index (χ2v) is 7.03. The monoisotopic (exact) mass is 318 g/mol. The van der Waals surface area contributed by atoms with Gasteiger partial charge >= 0.3 is 0 Å². The fraction of sp³-hybridized carbons (Fsp3) is 0.684. The van der Waals surface area contributed by atoms with E-state index in [1.165, 1.54) is 31.5 Å². The molecule has 0 spiro atoms. The Morgan fingerprint density at radius 2 is 1.74 bits per heavy atom. The van der Waals surface area contributed by atoms with Gasteiger partial charge in [-0.3, -0.25) is 9.80 Å². The van der Waals surface area contributed by atoms with Crippen molar-refractivity contribution in [1.29, 1.82) is 0 Å². The van der Waals surface area contributed by atoms with Crippen molar-refractivity contribution < 1.29 is 9.47 Å². The molecule has 128 valence electrons. The Balaban J connectivity index is 1.52. The minimum Gasteiger partial charge on any atom is -0.496 e. The van der Waals surface area contributed by atoms with Crippen LogP contribution >= 0.6 is 0 Å². The van der Waals surface area contributed by atoms with Crippen LogP contribution in [0.3, 0.4) is 0 Å². The average molecular weight is 318 g/mol. The van der Waals surface area contributed by atoms with Crippen LogP contribution in [0.2, 0.25) is 0 Å². The Morgan fingerprint density at radius 1 is 1.09 bits per heavy atom. The molecule has 2 saturated heterocycles. The maximum Gasteiger partial charge on any atom is 0.123 e. The molecular weight excluding hydrogens is 288 g/mol. The van der Waals surface area contributed by atoms with Crippen molar-refractivity contribution in [2.75, 3.05) is 33.3 Å². The maximum absolute atomic E-state index is 5.87. The summed E-state index contributed by atoms with van der Waals surface area (Å²) in [6.07, 6.45) is 3.25. The predicted molar refractivity (Wildman–Crippen MR) is 92.9 cm³/mol. The minimum atomic E-state index is 0.366. The molecule has 0 aromatic heterocycles. The minimum absolute atomic E-state index is 0.366. The van der Waals surface area contributed by atoms with E-state index in [4.69, 9.17) is 9.47 Å². The van der Waals surface area contributed by atoms with E-state index in [2.05, 4.69) is 41.8 Å². The number of benzene rings is 1. The van der Waals surface area contributed by atoms with Gasteiger partial charge in [0, 0.05) is 31.2 Å². The summed E-state index contributed by atoms with van der Waals surface area (Å²) in [5.74, 6) is 1.01. The molecule has 2 atom stereocenters. The molecule has 0 N–H and O–H groups in total. The fourth-order valence-electron chi connectivity index (χ4n) is 4.03. The van der Waals surface area contributed by atoms with E-state index < -0.39 is 0 Å². The Labute approximate surface area is 140 Å². The standard InChI is InChI=1S/C19H30N2O2/c1-15-12-21(13-16(2)23-15)18-8-10-20(11-9-18)14-17-6-4-5-7-19(17)22-3/h4-7,15-16,18H,8-14H2,1-3H3. The van der Waals surface area contributed by atoms with Gasteiger partial charge in [0.05, 0.1) is 19.3 Å². The van der Waals surface area contributed by atoms with Crippen LogP contribution in [0.4, 0.5) is 0 Å². The van der Waals surface area contributed by atoms with Gasteiger partial charge in [0.15, 0.2) is 0 Å². The molecule has 1 aromatic carbocycles. The molecule has 2 unspecified atom stereocenters. The number of nitrogens with zero attached hydrogens (tertiary/aromatic N) is 2. The normalized spacial score (nSPS) is 28.0. The third kappa shape index (κ3) is 4.25. The quantitative estimate of drug-likeness (QED) is 0.852. The molecule has 2 heterocycles. The summed E-state index contributed by atoms with van der Waals surface area (Å²) in [7, 11) is 1.76. The maximum atomic E-state index is 5.87. The number of para-hydroxylation sites is 1. The Hall–Kier alpha value is -1.10. The first-order valence-corrected chi connectivity index (χ1v) is 8.89. The number of methoxy groups -OCH3 is 1. The van der Waals surface area contributed by atoms with E-state index in [1.54, 1.807) is 7.11 Å². The molecule has 0 aliphatic carbocycles. The van der Waals surface area contributed by atoms with E-state index >= 15 is 0 Å². The van der Waals surface area contributed by atoms with Crippen LogP contribution in [0.25, 0.3) is 0 Å². The highest BCUT2D eigenvalue weighted by Gasteiger charge is 2.30. The molecule has 2 fully saturated rings. The van der Waals surface area contributed by atoms with Gasteiger partial charge in [0.1, 0.15) is 5.75 Å². The van der Waals surface area contributed by atoms with Crippen molar-refractivity contribution in [2.45, 2.75) is 51.5 Å². The zero-order valence-electron chi connectivity index (χ0n) is 14.7. The molecule has 4 nitrogen and oxygen atoms in total. The molecule has 0 bridgehead atoms. The summed E-state index contributed by atoms with van der Waals surface area (Å²) in [6.45, 7) is 9.89. The Morgan fingerprint density at radius 3 is 2.39 bits per heavy atom. The fourth-order valence-corrected chi connectivity index (χ4v) is 4.03. The number of piperidine rings is 1. The van der Waals surface area contributed by atoms with Gasteiger partial charge in [-0.05, 0) is 45.8 Å². The van der Waals surface area contributed by atoms with Crippen molar-refractivity contribution in [3.05, 3.63) is 29.8 Å². The first-order valence-electron chi connectivity index (χ1n) is 8.89. The van der Waals surface area contributed by atoms with Crippen molar-refractivity contribution in [3.63, 3.8) is 0 Å². The van der Waals surface area contributed by atoms with Gasteiger partial charge in [0.25, 0.3) is 0 Å². The molecule has 1 aromatic rings. The summed E-state index contributed by atoms with van der Waals surface area (Å²) in [4.78, 5) is 5.21. The van der Waals surface area contributed by atoms with E-state index in [1.807, 2.05) is 6.07 Å². The van der Waals surface area contributed by atoms with Crippen LogP contribution < -0.4 is 4.74 Å². The highest BCUT2D eigenvalue weighted by molar-refractivity contribution is 5.33. The van der Waals surface area contributed by atoms with Gasteiger partial charge < -0.3 is 9.47 Å². The summed E-state index contributed by atoms with van der Waals surface area (Å²) in [6, 6.07) is 9.09. The first-order chi connectivity index (χ1) is 11.2. The number of morpholine rings is 1. The van der Waals surface area contributed by atoms with Gasteiger partial charge in [-0.25, -0.2) is 0 Å². The Kier molecular flexibility index (Phi) is 5.57. The van der Waals surface area contributed by atoms with Gasteiger partial charge in [-0.1, -0.05) is 18.2 Å². The number of hydrogen-bond donors (Lipinski definition) is 0.